The van der Waals surface area contributed by atoms with E-state index in [9.17, 15) is 8.42 Å². The zero-order valence-electron chi connectivity index (χ0n) is 11.0. The lowest BCUT2D eigenvalue weighted by atomic mass is 10.3. The molecule has 2 aromatic rings. The number of halogens is 3. The number of hydrogen-bond donors (Lipinski definition) is 1. The third-order valence-corrected chi connectivity index (χ3v) is 7.20. The quantitative estimate of drug-likeness (QED) is 0.767. The summed E-state index contributed by atoms with van der Waals surface area (Å²) in [7, 11) is 0.0317. The lowest BCUT2D eigenvalue weighted by Gasteiger charge is -2.15. The van der Waals surface area contributed by atoms with E-state index in [-0.39, 0.29) is 4.21 Å². The van der Waals surface area contributed by atoms with Crippen LogP contribution < -0.4 is 9.62 Å². The summed E-state index contributed by atoms with van der Waals surface area (Å²) in [6, 6.07) is 6.37. The third-order valence-electron chi connectivity index (χ3n) is 2.57. The number of nitrogens with zero attached hydrogens (tertiary/aromatic N) is 1. The summed E-state index contributed by atoms with van der Waals surface area (Å²) in [5, 5.41) is 0.826. The molecular weight excluding hydrogens is 419 g/mol. The summed E-state index contributed by atoms with van der Waals surface area (Å²) in [4.78, 5) is 1.84. The largest absolute Gasteiger partial charge is 0.376 e. The minimum Gasteiger partial charge on any atom is -0.376 e. The monoisotopic (exact) mass is 428 g/mol. The van der Waals surface area contributed by atoms with Crippen LogP contribution in [0.15, 0.2) is 32.3 Å². The second-order valence-electron chi connectivity index (χ2n) is 4.35. The number of rotatable bonds is 4. The molecule has 1 aromatic carbocycles. The number of benzene rings is 1. The average molecular weight is 430 g/mol. The molecule has 1 aromatic heterocycles. The van der Waals surface area contributed by atoms with E-state index in [1.165, 1.54) is 6.07 Å². The number of thiophene rings is 1. The minimum atomic E-state index is -3.68. The molecule has 0 aliphatic carbocycles. The van der Waals surface area contributed by atoms with Gasteiger partial charge in [-0.25, -0.2) is 8.42 Å². The molecule has 9 heteroatoms. The van der Waals surface area contributed by atoms with Crippen LogP contribution in [0.5, 0.6) is 0 Å². The first-order valence-corrected chi connectivity index (χ1v) is 9.50. The van der Waals surface area contributed by atoms with Crippen LogP contribution in [0.1, 0.15) is 0 Å². The maximum absolute atomic E-state index is 12.3. The van der Waals surface area contributed by atoms with Gasteiger partial charge < -0.3 is 4.90 Å². The van der Waals surface area contributed by atoms with Gasteiger partial charge in [-0.3, -0.25) is 4.72 Å². The van der Waals surface area contributed by atoms with E-state index < -0.39 is 10.0 Å². The van der Waals surface area contributed by atoms with E-state index in [1.54, 1.807) is 18.2 Å². The second-order valence-corrected chi connectivity index (χ2v) is 9.45. The first-order chi connectivity index (χ1) is 9.70. The lowest BCUT2D eigenvalue weighted by Crippen LogP contribution is -2.12. The van der Waals surface area contributed by atoms with Crippen LogP contribution in [0.25, 0.3) is 0 Å². The van der Waals surface area contributed by atoms with E-state index in [0.29, 0.717) is 19.5 Å². The third kappa shape index (κ3) is 3.84. The highest BCUT2D eigenvalue weighted by atomic mass is 79.9. The van der Waals surface area contributed by atoms with Crippen molar-refractivity contribution in [1.82, 2.24) is 0 Å². The van der Waals surface area contributed by atoms with Crippen molar-refractivity contribution in [2.24, 2.45) is 0 Å². The molecule has 0 amide bonds. The van der Waals surface area contributed by atoms with Crippen molar-refractivity contribution in [3.8, 4) is 0 Å². The summed E-state index contributed by atoms with van der Waals surface area (Å²) in [5.74, 6) is 0. The SMILES string of the molecule is CN(C)c1ccc(NS(=O)(=O)c2cc(Cl)c(Br)s2)cc1Cl. The maximum Gasteiger partial charge on any atom is 0.271 e. The molecule has 21 heavy (non-hydrogen) atoms. The smallest absolute Gasteiger partial charge is 0.271 e. The van der Waals surface area contributed by atoms with Crippen LogP contribution >= 0.6 is 50.5 Å². The molecule has 0 fully saturated rings. The summed E-state index contributed by atoms with van der Waals surface area (Å²) in [6.45, 7) is 0. The highest BCUT2D eigenvalue weighted by Gasteiger charge is 2.19. The van der Waals surface area contributed by atoms with Crippen LogP contribution in [0, 0.1) is 0 Å². The zero-order chi connectivity index (χ0) is 15.8. The van der Waals surface area contributed by atoms with Gasteiger partial charge in [0.1, 0.15) is 4.21 Å². The maximum atomic E-state index is 12.3. The van der Waals surface area contributed by atoms with Gasteiger partial charge in [0.05, 0.1) is 25.2 Å². The Bertz CT molecular complexity index is 756. The van der Waals surface area contributed by atoms with Gasteiger partial charge in [0.2, 0.25) is 0 Å². The normalized spacial score (nSPS) is 11.5. The molecule has 0 aliphatic rings. The van der Waals surface area contributed by atoms with Crippen LogP contribution in [0.3, 0.4) is 0 Å². The standard InChI is InChI=1S/C12H11BrCl2N2O2S2/c1-17(2)10-4-3-7(5-8(10)14)16-21(18,19)11-6-9(15)12(13)20-11/h3-6,16H,1-2H3. The molecule has 0 unspecified atom stereocenters. The fraction of sp³-hybridized carbons (Fsp3) is 0.167. The van der Waals surface area contributed by atoms with Crippen LogP contribution in [0.2, 0.25) is 10.0 Å². The highest BCUT2D eigenvalue weighted by Crippen LogP contribution is 2.36. The van der Waals surface area contributed by atoms with Gasteiger partial charge in [0.15, 0.2) is 0 Å². The molecule has 0 bridgehead atoms. The van der Waals surface area contributed by atoms with Crippen LogP contribution in [-0.2, 0) is 10.0 Å². The highest BCUT2D eigenvalue weighted by molar-refractivity contribution is 9.11. The van der Waals surface area contributed by atoms with E-state index in [1.807, 2.05) is 19.0 Å². The minimum absolute atomic E-state index is 0.132. The Morgan fingerprint density at radius 3 is 2.33 bits per heavy atom. The molecule has 0 aliphatic heterocycles. The molecule has 0 spiro atoms. The topological polar surface area (TPSA) is 49.4 Å². The summed E-state index contributed by atoms with van der Waals surface area (Å²) >= 11 is 16.2. The van der Waals surface area contributed by atoms with Crippen molar-refractivity contribution in [2.75, 3.05) is 23.7 Å². The van der Waals surface area contributed by atoms with Crippen molar-refractivity contribution < 1.29 is 8.42 Å². The first-order valence-electron chi connectivity index (χ1n) is 5.65. The van der Waals surface area contributed by atoms with E-state index in [0.717, 1.165) is 17.0 Å². The second kappa shape index (κ2) is 6.34. The predicted octanol–water partition coefficient (Wildman–Crippen LogP) is 4.68. The van der Waals surface area contributed by atoms with Gasteiger partial charge in [-0.1, -0.05) is 23.2 Å². The first kappa shape index (κ1) is 16.9. The number of sulfonamides is 1. The van der Waals surface area contributed by atoms with Crippen LogP contribution in [0.4, 0.5) is 11.4 Å². The van der Waals surface area contributed by atoms with Crippen molar-refractivity contribution in [3.63, 3.8) is 0 Å². The molecule has 0 saturated heterocycles. The summed E-state index contributed by atoms with van der Waals surface area (Å²) < 4.78 is 27.7. The Kier molecular flexibility index (Phi) is 5.10. The molecule has 4 nitrogen and oxygen atoms in total. The fourth-order valence-electron chi connectivity index (χ4n) is 1.60. The molecule has 0 atom stereocenters. The molecule has 0 radical (unpaired) electrons. The Labute approximate surface area is 145 Å². The van der Waals surface area contributed by atoms with Crippen molar-refractivity contribution in [3.05, 3.63) is 38.1 Å². The number of nitrogens with one attached hydrogen (secondary N) is 1. The molecular formula is C12H11BrCl2N2O2S2. The van der Waals surface area contributed by atoms with Gasteiger partial charge in [-0.15, -0.1) is 11.3 Å². The Morgan fingerprint density at radius 1 is 1.19 bits per heavy atom. The molecule has 1 N–H and O–H groups in total. The van der Waals surface area contributed by atoms with E-state index in [2.05, 4.69) is 20.7 Å². The number of anilines is 2. The van der Waals surface area contributed by atoms with Crippen molar-refractivity contribution in [1.29, 1.82) is 0 Å². The Morgan fingerprint density at radius 2 is 1.86 bits per heavy atom. The zero-order valence-corrected chi connectivity index (χ0v) is 15.8. The van der Waals surface area contributed by atoms with Gasteiger partial charge in [0, 0.05) is 14.1 Å². The molecule has 1 heterocycles. The lowest BCUT2D eigenvalue weighted by molar-refractivity contribution is 0.603. The summed E-state index contributed by atoms with van der Waals surface area (Å²) in [5.41, 5.74) is 1.20. The fourth-order valence-corrected chi connectivity index (χ4v) is 5.40. The van der Waals surface area contributed by atoms with E-state index in [4.69, 9.17) is 23.2 Å². The van der Waals surface area contributed by atoms with Crippen molar-refractivity contribution in [2.45, 2.75) is 4.21 Å². The van der Waals surface area contributed by atoms with Gasteiger partial charge in [0.25, 0.3) is 10.0 Å². The molecule has 114 valence electrons. The van der Waals surface area contributed by atoms with Gasteiger partial charge in [-0.05, 0) is 40.2 Å². The van der Waals surface area contributed by atoms with Crippen LogP contribution in [-0.4, -0.2) is 22.5 Å². The van der Waals surface area contributed by atoms with Gasteiger partial charge in [-0.2, -0.15) is 0 Å². The average Bonchev–Trinajstić information content (AvgIpc) is 2.69. The Balaban J connectivity index is 2.31. The van der Waals surface area contributed by atoms with Crippen molar-refractivity contribution >= 4 is 71.9 Å². The summed E-state index contributed by atoms with van der Waals surface area (Å²) in [6.07, 6.45) is 0. The van der Waals surface area contributed by atoms with E-state index >= 15 is 0 Å². The van der Waals surface area contributed by atoms with Gasteiger partial charge >= 0.3 is 0 Å². The number of hydrogen-bond acceptors (Lipinski definition) is 4. The molecule has 0 saturated carbocycles. The Hall–Kier alpha value is -0.470. The predicted molar refractivity (Wildman–Crippen MR) is 93.6 cm³/mol. The molecule has 2 rings (SSSR count).